The van der Waals surface area contributed by atoms with Gasteiger partial charge in [-0.05, 0) is 31.9 Å². The van der Waals surface area contributed by atoms with Crippen molar-refractivity contribution in [1.29, 1.82) is 0 Å². The molecule has 3 nitrogen and oxygen atoms in total. The topological polar surface area (TPSA) is 37.0 Å². The molecule has 1 aliphatic heterocycles. The van der Waals surface area contributed by atoms with Crippen LogP contribution in [0.1, 0.15) is 37.8 Å². The van der Waals surface area contributed by atoms with E-state index in [0.29, 0.717) is 6.04 Å². The minimum Gasteiger partial charge on any atom is -0.370 e. The van der Waals surface area contributed by atoms with Gasteiger partial charge in [-0.15, -0.1) is 0 Å². The van der Waals surface area contributed by atoms with E-state index in [1.807, 2.05) is 12.3 Å². The highest BCUT2D eigenvalue weighted by Crippen LogP contribution is 2.27. The molecule has 1 aromatic heterocycles. The maximum absolute atomic E-state index is 4.41. The Morgan fingerprint density at radius 3 is 3.27 bits per heavy atom. The molecule has 3 heteroatoms. The van der Waals surface area contributed by atoms with Crippen molar-refractivity contribution >= 4 is 5.82 Å². The molecule has 0 radical (unpaired) electrons. The Labute approximate surface area is 91.3 Å². The standard InChI is InChI=1S/C12H19N3/c1-2-7-14-12-10(5-3-9-15-12)11-6-4-8-13-11/h3,5,9,11,13H,2,4,6-8H2,1H3,(H,14,15)/t11-/m0/s1. The van der Waals surface area contributed by atoms with Crippen LogP contribution in [-0.4, -0.2) is 18.1 Å². The van der Waals surface area contributed by atoms with E-state index in [4.69, 9.17) is 0 Å². The molecule has 1 aliphatic rings. The number of nitrogens with one attached hydrogen (secondary N) is 2. The Kier molecular flexibility index (Phi) is 3.56. The van der Waals surface area contributed by atoms with Gasteiger partial charge in [-0.25, -0.2) is 4.98 Å². The summed E-state index contributed by atoms with van der Waals surface area (Å²) in [5.41, 5.74) is 1.32. The Morgan fingerprint density at radius 2 is 2.53 bits per heavy atom. The molecule has 2 N–H and O–H groups in total. The molecule has 15 heavy (non-hydrogen) atoms. The smallest absolute Gasteiger partial charge is 0.130 e. The van der Waals surface area contributed by atoms with E-state index in [1.54, 1.807) is 0 Å². The van der Waals surface area contributed by atoms with Crippen LogP contribution in [0.4, 0.5) is 5.82 Å². The summed E-state index contributed by atoms with van der Waals surface area (Å²) in [6.07, 6.45) is 5.49. The third-order valence-corrected chi connectivity index (χ3v) is 2.82. The summed E-state index contributed by atoms with van der Waals surface area (Å²) in [5, 5.41) is 6.90. The molecule has 1 fully saturated rings. The fourth-order valence-electron chi connectivity index (χ4n) is 2.04. The molecule has 1 saturated heterocycles. The normalized spacial score (nSPS) is 20.5. The summed E-state index contributed by atoms with van der Waals surface area (Å²) in [7, 11) is 0. The monoisotopic (exact) mass is 205 g/mol. The number of hydrogen-bond donors (Lipinski definition) is 2. The first-order valence-corrected chi connectivity index (χ1v) is 5.84. The minimum atomic E-state index is 0.498. The van der Waals surface area contributed by atoms with Crippen molar-refractivity contribution in [3.8, 4) is 0 Å². The molecule has 0 aromatic carbocycles. The van der Waals surface area contributed by atoms with Gasteiger partial charge in [-0.1, -0.05) is 13.0 Å². The first-order chi connectivity index (χ1) is 7.42. The minimum absolute atomic E-state index is 0.498. The highest BCUT2D eigenvalue weighted by molar-refractivity contribution is 5.45. The Balaban J connectivity index is 2.13. The molecule has 2 rings (SSSR count). The molecular formula is C12H19N3. The molecule has 1 aromatic rings. The van der Waals surface area contributed by atoms with Gasteiger partial charge in [0.05, 0.1) is 0 Å². The zero-order chi connectivity index (χ0) is 10.5. The van der Waals surface area contributed by atoms with Gasteiger partial charge in [0.25, 0.3) is 0 Å². The first kappa shape index (κ1) is 10.4. The van der Waals surface area contributed by atoms with Crippen molar-refractivity contribution in [2.24, 2.45) is 0 Å². The van der Waals surface area contributed by atoms with Gasteiger partial charge in [0.15, 0.2) is 0 Å². The molecular weight excluding hydrogens is 186 g/mol. The number of aromatic nitrogens is 1. The highest BCUT2D eigenvalue weighted by Gasteiger charge is 2.19. The van der Waals surface area contributed by atoms with E-state index < -0.39 is 0 Å². The average Bonchev–Trinajstić information content (AvgIpc) is 2.80. The molecule has 0 aliphatic carbocycles. The Hall–Kier alpha value is -1.09. The van der Waals surface area contributed by atoms with Gasteiger partial charge in [0.1, 0.15) is 5.82 Å². The summed E-state index contributed by atoms with van der Waals surface area (Å²) >= 11 is 0. The van der Waals surface area contributed by atoms with E-state index in [1.165, 1.54) is 18.4 Å². The van der Waals surface area contributed by atoms with E-state index in [2.05, 4.69) is 28.6 Å². The van der Waals surface area contributed by atoms with Crippen LogP contribution in [0.15, 0.2) is 18.3 Å². The lowest BCUT2D eigenvalue weighted by Gasteiger charge is -2.15. The Bertz CT molecular complexity index is 305. The number of anilines is 1. The van der Waals surface area contributed by atoms with Crippen LogP contribution < -0.4 is 10.6 Å². The van der Waals surface area contributed by atoms with E-state index in [-0.39, 0.29) is 0 Å². The number of hydrogen-bond acceptors (Lipinski definition) is 3. The molecule has 0 saturated carbocycles. The lowest BCUT2D eigenvalue weighted by Crippen LogP contribution is -2.16. The van der Waals surface area contributed by atoms with Crippen LogP contribution in [-0.2, 0) is 0 Å². The van der Waals surface area contributed by atoms with Gasteiger partial charge in [0.2, 0.25) is 0 Å². The molecule has 0 unspecified atom stereocenters. The van der Waals surface area contributed by atoms with Crippen molar-refractivity contribution in [3.63, 3.8) is 0 Å². The van der Waals surface area contributed by atoms with Gasteiger partial charge >= 0.3 is 0 Å². The van der Waals surface area contributed by atoms with Crippen molar-refractivity contribution in [2.45, 2.75) is 32.2 Å². The van der Waals surface area contributed by atoms with Crippen molar-refractivity contribution < 1.29 is 0 Å². The summed E-state index contributed by atoms with van der Waals surface area (Å²) < 4.78 is 0. The quantitative estimate of drug-likeness (QED) is 0.792. The summed E-state index contributed by atoms with van der Waals surface area (Å²) in [6.45, 7) is 4.30. The van der Waals surface area contributed by atoms with Gasteiger partial charge in [0, 0.05) is 24.3 Å². The Morgan fingerprint density at radius 1 is 1.60 bits per heavy atom. The zero-order valence-electron chi connectivity index (χ0n) is 9.29. The van der Waals surface area contributed by atoms with Crippen molar-refractivity contribution in [2.75, 3.05) is 18.4 Å². The third-order valence-electron chi connectivity index (χ3n) is 2.82. The number of pyridine rings is 1. The van der Waals surface area contributed by atoms with E-state index in [9.17, 15) is 0 Å². The van der Waals surface area contributed by atoms with E-state index >= 15 is 0 Å². The average molecular weight is 205 g/mol. The number of rotatable bonds is 4. The maximum Gasteiger partial charge on any atom is 0.130 e. The maximum atomic E-state index is 4.41. The second-order valence-corrected chi connectivity index (χ2v) is 4.02. The highest BCUT2D eigenvalue weighted by atomic mass is 15.0. The van der Waals surface area contributed by atoms with Crippen LogP contribution in [0.2, 0.25) is 0 Å². The predicted octanol–water partition coefficient (Wildman–Crippen LogP) is 2.33. The van der Waals surface area contributed by atoms with Crippen LogP contribution in [0.25, 0.3) is 0 Å². The molecule has 82 valence electrons. The largest absolute Gasteiger partial charge is 0.370 e. The fourth-order valence-corrected chi connectivity index (χ4v) is 2.04. The zero-order valence-corrected chi connectivity index (χ0v) is 9.29. The predicted molar refractivity (Wildman–Crippen MR) is 63.0 cm³/mol. The molecule has 0 bridgehead atoms. The van der Waals surface area contributed by atoms with Crippen molar-refractivity contribution in [1.82, 2.24) is 10.3 Å². The molecule has 0 amide bonds. The van der Waals surface area contributed by atoms with Gasteiger partial charge < -0.3 is 10.6 Å². The van der Waals surface area contributed by atoms with Crippen molar-refractivity contribution in [3.05, 3.63) is 23.9 Å². The van der Waals surface area contributed by atoms with Crippen LogP contribution >= 0.6 is 0 Å². The lowest BCUT2D eigenvalue weighted by atomic mass is 10.1. The third kappa shape index (κ3) is 2.48. The fraction of sp³-hybridized carbons (Fsp3) is 0.583. The van der Waals surface area contributed by atoms with E-state index in [0.717, 1.165) is 25.3 Å². The SMILES string of the molecule is CCCNc1ncccc1[C@@H]1CCCN1. The summed E-state index contributed by atoms with van der Waals surface area (Å²) in [5.74, 6) is 1.05. The van der Waals surface area contributed by atoms with Crippen LogP contribution in [0.3, 0.4) is 0 Å². The second kappa shape index (κ2) is 5.12. The molecule has 2 heterocycles. The summed E-state index contributed by atoms with van der Waals surface area (Å²) in [6, 6.07) is 4.69. The molecule has 0 spiro atoms. The molecule has 1 atom stereocenters. The lowest BCUT2D eigenvalue weighted by molar-refractivity contribution is 0.646. The number of nitrogens with zero attached hydrogens (tertiary/aromatic N) is 1. The second-order valence-electron chi connectivity index (χ2n) is 4.02. The summed E-state index contributed by atoms with van der Waals surface area (Å²) in [4.78, 5) is 4.41. The van der Waals surface area contributed by atoms with Gasteiger partial charge in [-0.2, -0.15) is 0 Å². The van der Waals surface area contributed by atoms with Crippen LogP contribution in [0.5, 0.6) is 0 Å². The van der Waals surface area contributed by atoms with Gasteiger partial charge in [-0.3, -0.25) is 0 Å². The van der Waals surface area contributed by atoms with Crippen LogP contribution in [0, 0.1) is 0 Å². The first-order valence-electron chi connectivity index (χ1n) is 5.84.